The number of amides is 2. The number of esters is 1. The first-order chi connectivity index (χ1) is 17.5. The van der Waals surface area contributed by atoms with E-state index in [-0.39, 0.29) is 18.0 Å². The SMILES string of the molecule is COC(=O)CCCCC(=O)NCCCN1CCC(OC(=O)Nc2ccccc2-c2ccccc2)CC1. The Morgan fingerprint density at radius 3 is 2.36 bits per heavy atom. The number of hydrogen-bond donors (Lipinski definition) is 2. The van der Waals surface area contributed by atoms with Gasteiger partial charge in [0.1, 0.15) is 6.10 Å². The van der Waals surface area contributed by atoms with E-state index in [0.29, 0.717) is 32.2 Å². The summed E-state index contributed by atoms with van der Waals surface area (Å²) >= 11 is 0. The predicted molar refractivity (Wildman–Crippen MR) is 140 cm³/mol. The van der Waals surface area contributed by atoms with Crippen molar-refractivity contribution in [3.05, 3.63) is 54.6 Å². The van der Waals surface area contributed by atoms with Crippen LogP contribution in [0.25, 0.3) is 11.1 Å². The van der Waals surface area contributed by atoms with Gasteiger partial charge in [-0.1, -0.05) is 48.5 Å². The molecule has 1 heterocycles. The molecule has 0 atom stereocenters. The van der Waals surface area contributed by atoms with Gasteiger partial charge in [-0.15, -0.1) is 0 Å². The van der Waals surface area contributed by atoms with Crippen molar-refractivity contribution >= 4 is 23.7 Å². The van der Waals surface area contributed by atoms with E-state index in [2.05, 4.69) is 20.3 Å². The Bertz CT molecular complexity index is 974. The van der Waals surface area contributed by atoms with Gasteiger partial charge < -0.3 is 19.7 Å². The van der Waals surface area contributed by atoms with Gasteiger partial charge in [0, 0.05) is 38.0 Å². The van der Waals surface area contributed by atoms with E-state index in [1.54, 1.807) is 0 Å². The number of ether oxygens (including phenoxy) is 2. The first-order valence-corrected chi connectivity index (χ1v) is 12.7. The minimum atomic E-state index is -0.425. The topological polar surface area (TPSA) is 97.0 Å². The van der Waals surface area contributed by atoms with E-state index in [0.717, 1.165) is 55.7 Å². The number of benzene rings is 2. The van der Waals surface area contributed by atoms with Crippen LogP contribution >= 0.6 is 0 Å². The predicted octanol–water partition coefficient (Wildman–Crippen LogP) is 4.61. The average Bonchev–Trinajstić information content (AvgIpc) is 2.90. The molecule has 0 aromatic heterocycles. The van der Waals surface area contributed by atoms with Crippen molar-refractivity contribution in [2.45, 2.75) is 51.0 Å². The number of carbonyl (C=O) groups excluding carboxylic acids is 3. The molecule has 194 valence electrons. The molecule has 3 rings (SSSR count). The van der Waals surface area contributed by atoms with E-state index in [1.165, 1.54) is 7.11 Å². The summed E-state index contributed by atoms with van der Waals surface area (Å²) in [6.07, 6.45) is 4.05. The van der Waals surface area contributed by atoms with E-state index < -0.39 is 6.09 Å². The molecule has 1 aliphatic rings. The Labute approximate surface area is 213 Å². The molecule has 0 spiro atoms. The van der Waals surface area contributed by atoms with Crippen molar-refractivity contribution in [2.24, 2.45) is 0 Å². The number of piperidine rings is 1. The van der Waals surface area contributed by atoms with Crippen LogP contribution in [0.3, 0.4) is 0 Å². The number of nitrogens with one attached hydrogen (secondary N) is 2. The number of methoxy groups -OCH3 is 1. The Morgan fingerprint density at radius 2 is 1.61 bits per heavy atom. The van der Waals surface area contributed by atoms with Crippen LogP contribution in [0.2, 0.25) is 0 Å². The van der Waals surface area contributed by atoms with Gasteiger partial charge in [-0.3, -0.25) is 14.9 Å². The van der Waals surface area contributed by atoms with Crippen molar-refractivity contribution in [1.82, 2.24) is 10.2 Å². The largest absolute Gasteiger partial charge is 0.469 e. The number of para-hydroxylation sites is 1. The first kappa shape index (κ1) is 27.2. The standard InChI is InChI=1S/C28H37N3O5/c1-35-27(33)15-8-7-14-26(32)29-18-9-19-31-20-16-23(17-21-31)36-28(34)30-25-13-6-5-12-24(25)22-10-3-2-4-11-22/h2-6,10-13,23H,7-9,14-21H2,1H3,(H,29,32)(H,30,34). The molecule has 1 aliphatic heterocycles. The highest BCUT2D eigenvalue weighted by molar-refractivity contribution is 5.91. The van der Waals surface area contributed by atoms with Crippen LogP contribution in [-0.4, -0.2) is 62.3 Å². The lowest BCUT2D eigenvalue weighted by Crippen LogP contribution is -2.39. The van der Waals surface area contributed by atoms with Gasteiger partial charge in [-0.05, 0) is 50.3 Å². The third kappa shape index (κ3) is 9.34. The molecule has 0 saturated carbocycles. The monoisotopic (exact) mass is 495 g/mol. The summed E-state index contributed by atoms with van der Waals surface area (Å²) in [5.41, 5.74) is 2.73. The third-order valence-corrected chi connectivity index (χ3v) is 6.29. The van der Waals surface area contributed by atoms with Crippen molar-refractivity contribution < 1.29 is 23.9 Å². The maximum absolute atomic E-state index is 12.6. The fourth-order valence-corrected chi connectivity index (χ4v) is 4.28. The summed E-state index contributed by atoms with van der Waals surface area (Å²) in [5.74, 6) is -0.217. The lowest BCUT2D eigenvalue weighted by Gasteiger charge is -2.31. The summed E-state index contributed by atoms with van der Waals surface area (Å²) in [6, 6.07) is 17.7. The minimum absolute atomic E-state index is 0.0202. The fourth-order valence-electron chi connectivity index (χ4n) is 4.28. The molecule has 0 unspecified atom stereocenters. The minimum Gasteiger partial charge on any atom is -0.469 e. The molecule has 8 nitrogen and oxygen atoms in total. The zero-order chi connectivity index (χ0) is 25.6. The number of hydrogen-bond acceptors (Lipinski definition) is 6. The third-order valence-electron chi connectivity index (χ3n) is 6.29. The van der Waals surface area contributed by atoms with Crippen LogP contribution in [0.5, 0.6) is 0 Å². The highest BCUT2D eigenvalue weighted by Crippen LogP contribution is 2.28. The van der Waals surface area contributed by atoms with Crippen LogP contribution < -0.4 is 10.6 Å². The zero-order valence-electron chi connectivity index (χ0n) is 21.0. The van der Waals surface area contributed by atoms with Gasteiger partial charge in [-0.2, -0.15) is 0 Å². The van der Waals surface area contributed by atoms with Gasteiger partial charge in [0.15, 0.2) is 0 Å². The number of rotatable bonds is 12. The molecule has 0 aliphatic carbocycles. The number of unbranched alkanes of at least 4 members (excludes halogenated alkanes) is 1. The average molecular weight is 496 g/mol. The van der Waals surface area contributed by atoms with E-state index >= 15 is 0 Å². The molecule has 1 saturated heterocycles. The van der Waals surface area contributed by atoms with Crippen LogP contribution in [0.4, 0.5) is 10.5 Å². The van der Waals surface area contributed by atoms with Crippen LogP contribution in [0.1, 0.15) is 44.9 Å². The second-order valence-electron chi connectivity index (χ2n) is 8.97. The normalized spacial score (nSPS) is 14.1. The van der Waals surface area contributed by atoms with Crippen molar-refractivity contribution in [2.75, 3.05) is 38.6 Å². The fraction of sp³-hybridized carbons (Fsp3) is 0.464. The van der Waals surface area contributed by atoms with Crippen LogP contribution in [0.15, 0.2) is 54.6 Å². The summed E-state index contributed by atoms with van der Waals surface area (Å²) in [5, 5.41) is 5.85. The Kier molecular flexibility index (Phi) is 11.2. The Hall–Kier alpha value is -3.39. The van der Waals surface area contributed by atoms with Gasteiger partial charge in [-0.25, -0.2) is 4.79 Å². The maximum Gasteiger partial charge on any atom is 0.411 e. The molecular weight excluding hydrogens is 458 g/mol. The molecule has 8 heteroatoms. The molecule has 2 aromatic rings. The molecule has 2 N–H and O–H groups in total. The smallest absolute Gasteiger partial charge is 0.411 e. The van der Waals surface area contributed by atoms with Gasteiger partial charge in [0.2, 0.25) is 5.91 Å². The van der Waals surface area contributed by atoms with Gasteiger partial charge >= 0.3 is 12.1 Å². The maximum atomic E-state index is 12.6. The van der Waals surface area contributed by atoms with Gasteiger partial charge in [0.25, 0.3) is 0 Å². The Balaban J connectivity index is 1.29. The Morgan fingerprint density at radius 1 is 0.917 bits per heavy atom. The second-order valence-corrected chi connectivity index (χ2v) is 8.97. The van der Waals surface area contributed by atoms with E-state index in [1.807, 2.05) is 54.6 Å². The van der Waals surface area contributed by atoms with Crippen molar-refractivity contribution in [3.8, 4) is 11.1 Å². The van der Waals surface area contributed by atoms with Crippen LogP contribution in [0, 0.1) is 0 Å². The highest BCUT2D eigenvalue weighted by atomic mass is 16.6. The summed E-state index contributed by atoms with van der Waals surface area (Å²) in [7, 11) is 1.37. The highest BCUT2D eigenvalue weighted by Gasteiger charge is 2.22. The lowest BCUT2D eigenvalue weighted by atomic mass is 10.0. The van der Waals surface area contributed by atoms with E-state index in [9.17, 15) is 14.4 Å². The quantitative estimate of drug-likeness (QED) is 0.330. The zero-order valence-corrected chi connectivity index (χ0v) is 21.0. The van der Waals surface area contributed by atoms with Crippen molar-refractivity contribution in [1.29, 1.82) is 0 Å². The molecule has 0 bridgehead atoms. The van der Waals surface area contributed by atoms with Crippen molar-refractivity contribution in [3.63, 3.8) is 0 Å². The number of carbonyl (C=O) groups is 3. The van der Waals surface area contributed by atoms with Crippen LogP contribution in [-0.2, 0) is 19.1 Å². The number of likely N-dealkylation sites (tertiary alicyclic amines) is 1. The number of nitrogens with zero attached hydrogens (tertiary/aromatic N) is 1. The molecule has 1 fully saturated rings. The second kappa shape index (κ2) is 14.9. The summed E-state index contributed by atoms with van der Waals surface area (Å²) in [4.78, 5) is 37.9. The molecule has 36 heavy (non-hydrogen) atoms. The molecule has 0 radical (unpaired) electrons. The molecule has 2 aromatic carbocycles. The summed E-state index contributed by atoms with van der Waals surface area (Å²) in [6.45, 7) is 3.25. The molecule has 2 amide bonds. The summed E-state index contributed by atoms with van der Waals surface area (Å²) < 4.78 is 10.3. The van der Waals surface area contributed by atoms with E-state index in [4.69, 9.17) is 4.74 Å². The first-order valence-electron chi connectivity index (χ1n) is 12.7. The lowest BCUT2D eigenvalue weighted by molar-refractivity contribution is -0.140. The molecular formula is C28H37N3O5. The number of anilines is 1. The van der Waals surface area contributed by atoms with Gasteiger partial charge in [0.05, 0.1) is 12.8 Å².